The molecule has 0 radical (unpaired) electrons. The topological polar surface area (TPSA) is 58.2 Å². The van der Waals surface area contributed by atoms with Crippen LogP contribution in [-0.4, -0.2) is 29.2 Å². The van der Waals surface area contributed by atoms with E-state index in [1.807, 2.05) is 6.92 Å². The smallest absolute Gasteiger partial charge is 0.414 e. The van der Waals surface area contributed by atoms with Crippen molar-refractivity contribution in [2.24, 2.45) is 0 Å². The Bertz CT molecular complexity index is 974. The Morgan fingerprint density at radius 1 is 1.35 bits per heavy atom. The van der Waals surface area contributed by atoms with Gasteiger partial charge in [-0.2, -0.15) is 0 Å². The van der Waals surface area contributed by atoms with Gasteiger partial charge in [0.25, 0.3) is 0 Å². The molecule has 0 aliphatic rings. The van der Waals surface area contributed by atoms with E-state index in [0.29, 0.717) is 40.8 Å². The summed E-state index contributed by atoms with van der Waals surface area (Å²) in [5, 5.41) is 1.59. The molecule has 0 aliphatic carbocycles. The number of rotatable bonds is 5. The van der Waals surface area contributed by atoms with E-state index in [2.05, 4.69) is 9.97 Å². The Morgan fingerprint density at radius 3 is 2.81 bits per heavy atom. The van der Waals surface area contributed by atoms with E-state index in [4.69, 9.17) is 27.9 Å². The molecule has 2 heterocycles. The highest BCUT2D eigenvalue weighted by Gasteiger charge is 2.22. The van der Waals surface area contributed by atoms with Crippen molar-refractivity contribution in [3.63, 3.8) is 0 Å². The van der Waals surface area contributed by atoms with E-state index in [1.54, 1.807) is 6.92 Å². The Labute approximate surface area is 160 Å². The van der Waals surface area contributed by atoms with Gasteiger partial charge in [-0.05, 0) is 25.5 Å². The first-order chi connectivity index (χ1) is 12.5. The van der Waals surface area contributed by atoms with E-state index in [1.165, 1.54) is 23.2 Å². The molecule has 0 unspecified atom stereocenters. The van der Waals surface area contributed by atoms with E-state index in [9.17, 15) is 9.18 Å². The minimum Gasteiger partial charge on any atom is -0.449 e. The molecule has 0 saturated carbocycles. The fourth-order valence-electron chi connectivity index (χ4n) is 2.84. The largest absolute Gasteiger partial charge is 0.449 e. The first-order valence-corrected chi connectivity index (χ1v) is 9.12. The first-order valence-electron chi connectivity index (χ1n) is 8.37. The average molecular weight is 398 g/mol. The second kappa shape index (κ2) is 7.68. The molecular formula is C18H18Cl2FN3O2. The van der Waals surface area contributed by atoms with Crippen molar-refractivity contribution in [2.45, 2.75) is 26.7 Å². The predicted molar refractivity (Wildman–Crippen MR) is 103 cm³/mol. The van der Waals surface area contributed by atoms with Crippen molar-refractivity contribution >= 4 is 56.9 Å². The van der Waals surface area contributed by atoms with E-state index < -0.39 is 11.9 Å². The molecule has 0 saturated heterocycles. The third kappa shape index (κ3) is 3.31. The standard InChI is InChI=1S/C18H18Cl2FN3O2/c1-3-5-6-26-18(25)24(4-2)13-8-10(21)7-11-14-15(20)12(19)9-22-17(14)23-16(11)13/h7-9H,3-6H2,1-2H3,(H,22,23). The van der Waals surface area contributed by atoms with Crippen LogP contribution < -0.4 is 4.90 Å². The number of pyridine rings is 1. The van der Waals surface area contributed by atoms with Crippen LogP contribution >= 0.6 is 23.2 Å². The van der Waals surface area contributed by atoms with Crippen LogP contribution in [0, 0.1) is 5.82 Å². The summed E-state index contributed by atoms with van der Waals surface area (Å²) in [7, 11) is 0. The monoisotopic (exact) mass is 397 g/mol. The number of unbranched alkanes of at least 4 members (excludes halogenated alkanes) is 1. The summed E-state index contributed by atoms with van der Waals surface area (Å²) < 4.78 is 19.6. The Kier molecular flexibility index (Phi) is 5.53. The molecule has 3 rings (SSSR count). The van der Waals surface area contributed by atoms with Gasteiger partial charge in [-0.25, -0.2) is 14.2 Å². The summed E-state index contributed by atoms with van der Waals surface area (Å²) in [5.74, 6) is -0.496. The SMILES string of the molecule is CCCCOC(=O)N(CC)c1cc(F)cc2c1[nH]c1ncc(Cl)c(Cl)c12. The van der Waals surface area contributed by atoms with Gasteiger partial charge >= 0.3 is 6.09 Å². The third-order valence-corrected chi connectivity index (χ3v) is 4.89. The molecular weight excluding hydrogens is 380 g/mol. The number of fused-ring (bicyclic) bond motifs is 3. The molecule has 0 atom stereocenters. The van der Waals surface area contributed by atoms with E-state index >= 15 is 0 Å². The van der Waals surface area contributed by atoms with Crippen molar-refractivity contribution in [3.05, 3.63) is 34.2 Å². The number of aromatic nitrogens is 2. The quantitative estimate of drug-likeness (QED) is 0.543. The fourth-order valence-corrected chi connectivity index (χ4v) is 3.22. The number of aromatic amines is 1. The number of carbonyl (C=O) groups excluding carboxylic acids is 1. The minimum absolute atomic E-state index is 0.275. The molecule has 26 heavy (non-hydrogen) atoms. The fraction of sp³-hybridized carbons (Fsp3) is 0.333. The Balaban J connectivity index is 2.16. The van der Waals surface area contributed by atoms with Crippen LogP contribution in [0.15, 0.2) is 18.3 Å². The van der Waals surface area contributed by atoms with Crippen LogP contribution in [0.4, 0.5) is 14.9 Å². The lowest BCUT2D eigenvalue weighted by Crippen LogP contribution is -2.31. The van der Waals surface area contributed by atoms with E-state index in [0.717, 1.165) is 12.8 Å². The van der Waals surface area contributed by atoms with Gasteiger partial charge in [0, 0.05) is 23.5 Å². The van der Waals surface area contributed by atoms with Crippen molar-refractivity contribution in [3.8, 4) is 0 Å². The second-order valence-electron chi connectivity index (χ2n) is 5.83. The van der Waals surface area contributed by atoms with Gasteiger partial charge in [0.15, 0.2) is 0 Å². The highest BCUT2D eigenvalue weighted by Crippen LogP contribution is 2.38. The lowest BCUT2D eigenvalue weighted by atomic mass is 10.1. The van der Waals surface area contributed by atoms with Crippen LogP contribution in [0.3, 0.4) is 0 Å². The molecule has 3 aromatic rings. The van der Waals surface area contributed by atoms with Crippen LogP contribution in [0.1, 0.15) is 26.7 Å². The maximum Gasteiger partial charge on any atom is 0.414 e. The summed E-state index contributed by atoms with van der Waals surface area (Å²) in [5.41, 5.74) is 1.39. The van der Waals surface area contributed by atoms with Crippen LogP contribution in [0.5, 0.6) is 0 Å². The molecule has 0 bridgehead atoms. The summed E-state index contributed by atoms with van der Waals surface area (Å²) in [6.07, 6.45) is 2.58. The highest BCUT2D eigenvalue weighted by molar-refractivity contribution is 6.46. The number of nitrogens with zero attached hydrogens (tertiary/aromatic N) is 2. The van der Waals surface area contributed by atoms with Gasteiger partial charge in [0.05, 0.1) is 27.9 Å². The average Bonchev–Trinajstić information content (AvgIpc) is 2.98. The Morgan fingerprint density at radius 2 is 2.12 bits per heavy atom. The number of nitrogens with one attached hydrogen (secondary N) is 1. The van der Waals surface area contributed by atoms with Gasteiger partial charge in [0.1, 0.15) is 11.5 Å². The molecule has 5 nitrogen and oxygen atoms in total. The van der Waals surface area contributed by atoms with Crippen LogP contribution in [-0.2, 0) is 4.74 Å². The zero-order valence-corrected chi connectivity index (χ0v) is 15.9. The first kappa shape index (κ1) is 18.7. The molecule has 1 N–H and O–H groups in total. The molecule has 0 aliphatic heterocycles. The molecule has 0 spiro atoms. The van der Waals surface area contributed by atoms with Crippen molar-refractivity contribution < 1.29 is 13.9 Å². The van der Waals surface area contributed by atoms with Crippen LogP contribution in [0.2, 0.25) is 10.0 Å². The molecule has 0 fully saturated rings. The summed E-state index contributed by atoms with van der Waals surface area (Å²) >= 11 is 12.3. The third-order valence-electron chi connectivity index (χ3n) is 4.12. The zero-order valence-electron chi connectivity index (χ0n) is 14.4. The minimum atomic E-state index is -0.524. The van der Waals surface area contributed by atoms with Crippen molar-refractivity contribution in [1.82, 2.24) is 9.97 Å². The number of hydrogen-bond donors (Lipinski definition) is 1. The maximum atomic E-state index is 14.3. The number of ether oxygens (including phenoxy) is 1. The second-order valence-corrected chi connectivity index (χ2v) is 6.61. The zero-order chi connectivity index (χ0) is 18.8. The van der Waals surface area contributed by atoms with Gasteiger partial charge in [0.2, 0.25) is 0 Å². The van der Waals surface area contributed by atoms with Gasteiger partial charge in [-0.3, -0.25) is 4.90 Å². The lowest BCUT2D eigenvalue weighted by Gasteiger charge is -2.21. The normalized spacial score (nSPS) is 11.3. The molecule has 138 valence electrons. The molecule has 8 heteroatoms. The summed E-state index contributed by atoms with van der Waals surface area (Å²) in [6, 6.07) is 2.63. The number of hydrogen-bond acceptors (Lipinski definition) is 3. The summed E-state index contributed by atoms with van der Waals surface area (Å²) in [4.78, 5) is 21.1. The number of halogens is 3. The van der Waals surface area contributed by atoms with Crippen molar-refractivity contribution in [2.75, 3.05) is 18.1 Å². The predicted octanol–water partition coefficient (Wildman–Crippen LogP) is 5.93. The number of H-pyrrole nitrogens is 1. The number of amides is 1. The molecule has 2 aromatic heterocycles. The number of carbonyl (C=O) groups is 1. The Hall–Kier alpha value is -2.05. The lowest BCUT2D eigenvalue weighted by molar-refractivity contribution is 0.152. The highest BCUT2D eigenvalue weighted by atomic mass is 35.5. The van der Waals surface area contributed by atoms with Gasteiger partial charge in [-0.15, -0.1) is 0 Å². The maximum absolute atomic E-state index is 14.3. The number of benzene rings is 1. The van der Waals surface area contributed by atoms with Crippen molar-refractivity contribution in [1.29, 1.82) is 0 Å². The molecule has 1 amide bonds. The number of anilines is 1. The van der Waals surface area contributed by atoms with Crippen LogP contribution in [0.25, 0.3) is 21.9 Å². The van der Waals surface area contributed by atoms with E-state index in [-0.39, 0.29) is 10.0 Å². The van der Waals surface area contributed by atoms with Gasteiger partial charge < -0.3 is 9.72 Å². The molecule has 1 aromatic carbocycles. The van der Waals surface area contributed by atoms with Gasteiger partial charge in [-0.1, -0.05) is 36.5 Å². The summed E-state index contributed by atoms with van der Waals surface area (Å²) in [6.45, 7) is 4.44.